The molecule has 0 aromatic rings. The van der Waals surface area contributed by atoms with E-state index in [9.17, 15) is 5.11 Å². The van der Waals surface area contributed by atoms with Gasteiger partial charge in [-0.15, -0.1) is 0 Å². The van der Waals surface area contributed by atoms with Crippen molar-refractivity contribution < 1.29 is 55.8 Å². The molecule has 0 aromatic carbocycles. The fraction of sp³-hybridized carbons (Fsp3) is 0.636. The summed E-state index contributed by atoms with van der Waals surface area (Å²) in [6.07, 6.45) is 0. The minimum atomic E-state index is -0.0891. The maximum absolute atomic E-state index is 9.33. The van der Waals surface area contributed by atoms with E-state index < -0.39 is 0 Å². The van der Waals surface area contributed by atoms with E-state index in [0.717, 1.165) is 0 Å². The minimum Gasteiger partial charge on any atom is -1.00 e. The molecule has 0 saturated heterocycles. The summed E-state index contributed by atoms with van der Waals surface area (Å²) in [6, 6.07) is 0. The smallest absolute Gasteiger partial charge is 0.0559 e. The second kappa shape index (κ2) is 7.26. The third-order valence-corrected chi connectivity index (χ3v) is 3.66. The van der Waals surface area contributed by atoms with Crippen molar-refractivity contribution in [2.75, 3.05) is 6.61 Å². The summed E-state index contributed by atoms with van der Waals surface area (Å²) in [5.74, 6) is 0. The van der Waals surface area contributed by atoms with Gasteiger partial charge < -0.3 is 29.9 Å². The number of aliphatic hydroxyl groups excluding tert-OH is 1. The van der Waals surface area contributed by atoms with Gasteiger partial charge in [0.1, 0.15) is 0 Å². The molecule has 0 saturated carbocycles. The summed E-state index contributed by atoms with van der Waals surface area (Å²) in [7, 11) is 0. The van der Waals surface area contributed by atoms with Crippen molar-refractivity contribution in [3.8, 4) is 0 Å². The standard InChI is InChI=1S/C11H18O.2ClH.Hf/c1-7-8(2)10(4)11(5,6-12)9(7)3;;;/h12H,6H2,1-5H3;2*1H;/p-2. The second-order valence-corrected chi connectivity index (χ2v) is 3.99. The molecule has 1 rings (SSSR count). The molecule has 4 heteroatoms. The van der Waals surface area contributed by atoms with Crippen molar-refractivity contribution in [2.45, 2.75) is 34.6 Å². The Bertz CT molecular complexity index is 258. The molecule has 0 unspecified atom stereocenters. The Morgan fingerprint density at radius 3 is 1.33 bits per heavy atom. The Kier molecular flexibility index (Phi) is 10.3. The summed E-state index contributed by atoms with van der Waals surface area (Å²) in [5.41, 5.74) is 5.25. The number of rotatable bonds is 1. The molecule has 0 amide bonds. The van der Waals surface area contributed by atoms with E-state index in [1.54, 1.807) is 0 Å². The van der Waals surface area contributed by atoms with E-state index in [0.29, 0.717) is 0 Å². The van der Waals surface area contributed by atoms with Crippen molar-refractivity contribution in [3.63, 3.8) is 0 Å². The molecule has 0 spiro atoms. The topological polar surface area (TPSA) is 20.2 Å². The monoisotopic (exact) mass is 416 g/mol. The maximum Gasteiger partial charge on any atom is 0.0559 e. The number of aliphatic hydroxyl groups is 1. The van der Waals surface area contributed by atoms with Crippen LogP contribution in [0.4, 0.5) is 0 Å². The van der Waals surface area contributed by atoms with E-state index in [1.807, 2.05) is 0 Å². The summed E-state index contributed by atoms with van der Waals surface area (Å²) in [4.78, 5) is 0. The van der Waals surface area contributed by atoms with Crippen molar-refractivity contribution >= 4 is 0 Å². The van der Waals surface area contributed by atoms with Crippen LogP contribution in [0.3, 0.4) is 0 Å². The molecule has 1 aliphatic rings. The minimum absolute atomic E-state index is 0. The maximum atomic E-state index is 9.33. The van der Waals surface area contributed by atoms with Crippen molar-refractivity contribution in [3.05, 3.63) is 22.3 Å². The normalized spacial score (nSPS) is 18.0. The van der Waals surface area contributed by atoms with Gasteiger partial charge in [0.05, 0.1) is 6.61 Å². The first-order valence-corrected chi connectivity index (χ1v) is 4.42. The average Bonchev–Trinajstić information content (AvgIpc) is 2.22. The number of hydrogen-bond acceptors (Lipinski definition) is 1. The molecule has 0 radical (unpaired) electrons. The zero-order chi connectivity index (χ0) is 9.52. The number of hydrogen-bond donors (Lipinski definition) is 1. The van der Waals surface area contributed by atoms with E-state index >= 15 is 0 Å². The Labute approximate surface area is 124 Å². The molecule has 0 aromatic heterocycles. The molecule has 0 bridgehead atoms. The van der Waals surface area contributed by atoms with Crippen LogP contribution >= 0.6 is 0 Å². The van der Waals surface area contributed by atoms with Crippen LogP contribution < -0.4 is 24.8 Å². The Morgan fingerprint density at radius 1 is 0.933 bits per heavy atom. The molecule has 15 heavy (non-hydrogen) atoms. The zero-order valence-electron chi connectivity index (χ0n) is 9.91. The Morgan fingerprint density at radius 2 is 1.20 bits per heavy atom. The van der Waals surface area contributed by atoms with Gasteiger partial charge in [-0.1, -0.05) is 11.1 Å². The fourth-order valence-corrected chi connectivity index (χ4v) is 1.91. The molecule has 1 aliphatic carbocycles. The molecule has 0 fully saturated rings. The van der Waals surface area contributed by atoms with Crippen LogP contribution in [-0.4, -0.2) is 11.7 Å². The summed E-state index contributed by atoms with van der Waals surface area (Å²) < 4.78 is 0. The molecule has 0 heterocycles. The molecule has 0 aliphatic heterocycles. The largest absolute Gasteiger partial charge is 1.00 e. The molecule has 88 valence electrons. The molecule has 1 nitrogen and oxygen atoms in total. The molecular weight excluding hydrogens is 398 g/mol. The van der Waals surface area contributed by atoms with Crippen LogP contribution in [0.1, 0.15) is 34.6 Å². The molecule has 1 N–H and O–H groups in total. The summed E-state index contributed by atoms with van der Waals surface area (Å²) >= 11 is 0. The van der Waals surface area contributed by atoms with Gasteiger partial charge in [0, 0.05) is 31.3 Å². The third-order valence-electron chi connectivity index (χ3n) is 3.66. The summed E-state index contributed by atoms with van der Waals surface area (Å²) in [6.45, 7) is 10.8. The number of allylic oxidation sites excluding steroid dienone is 2. The van der Waals surface area contributed by atoms with E-state index in [4.69, 9.17) is 0 Å². The number of halogens is 2. The zero-order valence-corrected chi connectivity index (χ0v) is 15.0. The predicted molar refractivity (Wildman–Crippen MR) is 51.9 cm³/mol. The summed E-state index contributed by atoms with van der Waals surface area (Å²) in [5, 5.41) is 9.33. The van der Waals surface area contributed by atoms with Gasteiger partial charge in [0.15, 0.2) is 0 Å². The van der Waals surface area contributed by atoms with Crippen LogP contribution in [-0.2, 0) is 25.8 Å². The SMILES string of the molecule is CC1=C(C)C(C)(CO)C(C)=C1C.[Cl-].[Cl-].[Hf]. The third kappa shape index (κ3) is 3.18. The quantitative estimate of drug-likeness (QED) is 0.445. The first-order valence-electron chi connectivity index (χ1n) is 4.42. The second-order valence-electron chi connectivity index (χ2n) is 3.99. The van der Waals surface area contributed by atoms with E-state index in [2.05, 4.69) is 34.6 Å². The van der Waals surface area contributed by atoms with Gasteiger partial charge >= 0.3 is 0 Å². The van der Waals surface area contributed by atoms with E-state index in [1.165, 1.54) is 22.3 Å². The van der Waals surface area contributed by atoms with Gasteiger partial charge in [0.25, 0.3) is 0 Å². The van der Waals surface area contributed by atoms with Crippen LogP contribution in [0.5, 0.6) is 0 Å². The van der Waals surface area contributed by atoms with Crippen molar-refractivity contribution in [1.29, 1.82) is 0 Å². The van der Waals surface area contributed by atoms with Gasteiger partial charge in [0.2, 0.25) is 0 Å². The van der Waals surface area contributed by atoms with Crippen molar-refractivity contribution in [1.82, 2.24) is 0 Å². The van der Waals surface area contributed by atoms with Crippen LogP contribution in [0.25, 0.3) is 0 Å². The van der Waals surface area contributed by atoms with Gasteiger partial charge in [-0.2, -0.15) is 0 Å². The predicted octanol–water partition coefficient (Wildman–Crippen LogP) is -3.32. The fourth-order valence-electron chi connectivity index (χ4n) is 1.91. The molecular formula is C11H18Cl2HfO-2. The van der Waals surface area contributed by atoms with Gasteiger partial charge in [-0.25, -0.2) is 0 Å². The average molecular weight is 416 g/mol. The van der Waals surface area contributed by atoms with E-state index in [-0.39, 0.29) is 62.7 Å². The van der Waals surface area contributed by atoms with Gasteiger partial charge in [-0.05, 0) is 45.8 Å². The van der Waals surface area contributed by atoms with Crippen LogP contribution in [0.2, 0.25) is 0 Å². The first-order chi connectivity index (χ1) is 5.45. The van der Waals surface area contributed by atoms with Crippen molar-refractivity contribution in [2.24, 2.45) is 5.41 Å². The van der Waals surface area contributed by atoms with Gasteiger partial charge in [-0.3, -0.25) is 0 Å². The van der Waals surface area contributed by atoms with Crippen LogP contribution in [0.15, 0.2) is 22.3 Å². The molecule has 0 atom stereocenters. The Balaban J connectivity index is -0.000000480. The van der Waals surface area contributed by atoms with Crippen LogP contribution in [0, 0.1) is 5.41 Å². The Hall–Kier alpha value is 0.890. The first kappa shape index (κ1) is 21.2.